The molecule has 0 bridgehead atoms. The summed E-state index contributed by atoms with van der Waals surface area (Å²) in [5.41, 5.74) is 4.04. The van der Waals surface area contributed by atoms with E-state index in [9.17, 15) is 9.59 Å². The van der Waals surface area contributed by atoms with Crippen LogP contribution >= 0.6 is 23.2 Å². The number of rotatable bonds is 8. The van der Waals surface area contributed by atoms with Gasteiger partial charge in [0.25, 0.3) is 0 Å². The molecule has 1 aliphatic rings. The molecule has 1 saturated carbocycles. The van der Waals surface area contributed by atoms with Crippen LogP contribution in [0.15, 0.2) is 36.4 Å². The Morgan fingerprint density at radius 2 is 1.66 bits per heavy atom. The molecule has 0 saturated heterocycles. The van der Waals surface area contributed by atoms with E-state index in [-0.39, 0.29) is 24.3 Å². The van der Waals surface area contributed by atoms with Crippen LogP contribution in [0.3, 0.4) is 0 Å². The fourth-order valence-corrected chi connectivity index (χ4v) is 4.89. The molecule has 2 aromatic rings. The smallest absolute Gasteiger partial charge is 0.243 e. The maximum absolute atomic E-state index is 13.5. The molecule has 0 heterocycles. The SMILES string of the molecule is CC[C@H](C(=O)NC1CCCC1)N(Cc1ccc(Cl)c(Cl)c1)C(=O)Cc1cc(C)cc(C)c1. The van der Waals surface area contributed by atoms with E-state index in [0.29, 0.717) is 23.0 Å². The van der Waals surface area contributed by atoms with E-state index in [2.05, 4.69) is 11.4 Å². The highest BCUT2D eigenvalue weighted by Gasteiger charge is 2.30. The molecular weight excluding hydrogens is 443 g/mol. The Labute approximate surface area is 201 Å². The third-order valence-corrected chi connectivity index (χ3v) is 6.80. The van der Waals surface area contributed by atoms with Crippen molar-refractivity contribution in [2.24, 2.45) is 0 Å². The van der Waals surface area contributed by atoms with E-state index >= 15 is 0 Å². The molecule has 1 fully saturated rings. The maximum atomic E-state index is 13.5. The monoisotopic (exact) mass is 474 g/mol. The summed E-state index contributed by atoms with van der Waals surface area (Å²) in [4.78, 5) is 28.4. The van der Waals surface area contributed by atoms with Crippen LogP contribution in [0.2, 0.25) is 10.0 Å². The number of carbonyl (C=O) groups excluding carboxylic acids is 2. The summed E-state index contributed by atoms with van der Waals surface area (Å²) >= 11 is 12.3. The Balaban J connectivity index is 1.86. The summed E-state index contributed by atoms with van der Waals surface area (Å²) in [7, 11) is 0. The standard InChI is InChI=1S/C26H32Cl2N2O2/c1-4-24(26(32)29-21-7-5-6-8-21)30(16-19-9-10-22(27)23(28)14-19)25(31)15-20-12-17(2)11-18(3)13-20/h9-14,21,24H,4-8,15-16H2,1-3H3,(H,29,32)/t24-/m1/s1. The summed E-state index contributed by atoms with van der Waals surface area (Å²) in [6.45, 7) is 6.30. The fraction of sp³-hybridized carbons (Fsp3) is 0.462. The maximum Gasteiger partial charge on any atom is 0.243 e. The van der Waals surface area contributed by atoms with Crippen LogP contribution in [0.4, 0.5) is 0 Å². The highest BCUT2D eigenvalue weighted by atomic mass is 35.5. The average molecular weight is 475 g/mol. The number of nitrogens with zero attached hydrogens (tertiary/aromatic N) is 1. The quantitative estimate of drug-likeness (QED) is 0.508. The zero-order valence-corrected chi connectivity index (χ0v) is 20.6. The zero-order chi connectivity index (χ0) is 23.3. The van der Waals surface area contributed by atoms with Gasteiger partial charge in [0, 0.05) is 12.6 Å². The van der Waals surface area contributed by atoms with Crippen molar-refractivity contribution in [1.29, 1.82) is 0 Å². The minimum atomic E-state index is -0.538. The van der Waals surface area contributed by atoms with Crippen LogP contribution in [0.1, 0.15) is 61.3 Å². The lowest BCUT2D eigenvalue weighted by molar-refractivity contribution is -0.141. The predicted molar refractivity (Wildman–Crippen MR) is 131 cm³/mol. The number of aryl methyl sites for hydroxylation is 2. The molecule has 3 rings (SSSR count). The lowest BCUT2D eigenvalue weighted by atomic mass is 10.0. The molecular formula is C26H32Cl2N2O2. The number of hydrogen-bond acceptors (Lipinski definition) is 2. The molecule has 32 heavy (non-hydrogen) atoms. The van der Waals surface area contributed by atoms with Crippen molar-refractivity contribution in [3.05, 3.63) is 68.7 Å². The van der Waals surface area contributed by atoms with Crippen LogP contribution in [0.5, 0.6) is 0 Å². The van der Waals surface area contributed by atoms with Crippen LogP contribution in [0.25, 0.3) is 0 Å². The van der Waals surface area contributed by atoms with Crippen molar-refractivity contribution in [2.45, 2.75) is 77.9 Å². The second-order valence-corrected chi connectivity index (χ2v) is 9.67. The number of halogens is 2. The molecule has 6 heteroatoms. The van der Waals surface area contributed by atoms with Gasteiger partial charge in [-0.25, -0.2) is 0 Å². The summed E-state index contributed by atoms with van der Waals surface area (Å²) in [5.74, 6) is -0.150. The van der Waals surface area contributed by atoms with Crippen molar-refractivity contribution in [1.82, 2.24) is 10.2 Å². The Bertz CT molecular complexity index is 950. The number of benzene rings is 2. The minimum Gasteiger partial charge on any atom is -0.352 e. The number of amides is 2. The highest BCUT2D eigenvalue weighted by molar-refractivity contribution is 6.42. The lowest BCUT2D eigenvalue weighted by Crippen LogP contribution is -2.51. The first-order valence-electron chi connectivity index (χ1n) is 11.4. The van der Waals surface area contributed by atoms with Crippen LogP contribution in [-0.4, -0.2) is 28.8 Å². The minimum absolute atomic E-state index is 0.0745. The molecule has 0 spiro atoms. The zero-order valence-electron chi connectivity index (χ0n) is 19.1. The van der Waals surface area contributed by atoms with E-state index < -0.39 is 6.04 Å². The number of nitrogens with one attached hydrogen (secondary N) is 1. The Morgan fingerprint density at radius 3 is 2.25 bits per heavy atom. The van der Waals surface area contributed by atoms with Gasteiger partial charge in [0.15, 0.2) is 0 Å². The molecule has 1 N–H and O–H groups in total. The van der Waals surface area contributed by atoms with Gasteiger partial charge in [-0.2, -0.15) is 0 Å². The lowest BCUT2D eigenvalue weighted by Gasteiger charge is -2.32. The van der Waals surface area contributed by atoms with E-state index in [1.54, 1.807) is 17.0 Å². The van der Waals surface area contributed by atoms with Gasteiger partial charge in [0.2, 0.25) is 11.8 Å². The van der Waals surface area contributed by atoms with Crippen LogP contribution in [-0.2, 0) is 22.6 Å². The van der Waals surface area contributed by atoms with E-state index in [4.69, 9.17) is 23.2 Å². The first kappa shape index (κ1) is 24.6. The van der Waals surface area contributed by atoms with Gasteiger partial charge < -0.3 is 10.2 Å². The van der Waals surface area contributed by atoms with Gasteiger partial charge >= 0.3 is 0 Å². The third kappa shape index (κ3) is 6.49. The van der Waals surface area contributed by atoms with E-state index in [1.165, 1.54) is 0 Å². The van der Waals surface area contributed by atoms with Crippen molar-refractivity contribution in [3.8, 4) is 0 Å². The average Bonchev–Trinajstić information content (AvgIpc) is 3.22. The molecule has 0 aliphatic heterocycles. The molecule has 0 unspecified atom stereocenters. The first-order chi connectivity index (χ1) is 15.3. The topological polar surface area (TPSA) is 49.4 Å². The first-order valence-corrected chi connectivity index (χ1v) is 12.1. The molecule has 2 aromatic carbocycles. The fourth-order valence-electron chi connectivity index (χ4n) is 4.57. The number of carbonyl (C=O) groups is 2. The summed E-state index contributed by atoms with van der Waals surface area (Å²) in [5, 5.41) is 4.08. The largest absolute Gasteiger partial charge is 0.352 e. The molecule has 4 nitrogen and oxygen atoms in total. The molecule has 0 aromatic heterocycles. The van der Waals surface area contributed by atoms with Gasteiger partial charge in [-0.3, -0.25) is 9.59 Å². The summed E-state index contributed by atoms with van der Waals surface area (Å²) in [6, 6.07) is 11.2. The number of hydrogen-bond donors (Lipinski definition) is 1. The normalized spacial score (nSPS) is 14.9. The van der Waals surface area contributed by atoms with Crippen molar-refractivity contribution in [2.75, 3.05) is 0 Å². The predicted octanol–water partition coefficient (Wildman–Crippen LogP) is 6.02. The molecule has 172 valence electrons. The second-order valence-electron chi connectivity index (χ2n) is 8.86. The van der Waals surface area contributed by atoms with Crippen molar-refractivity contribution in [3.63, 3.8) is 0 Å². The Hall–Kier alpha value is -2.04. The van der Waals surface area contributed by atoms with Gasteiger partial charge in [-0.05, 0) is 56.4 Å². The molecule has 2 amide bonds. The molecule has 1 aliphatic carbocycles. The summed E-state index contributed by atoms with van der Waals surface area (Å²) in [6.07, 6.45) is 5.08. The highest BCUT2D eigenvalue weighted by Crippen LogP contribution is 2.25. The van der Waals surface area contributed by atoms with Gasteiger partial charge in [0.05, 0.1) is 16.5 Å². The second kappa shape index (κ2) is 11.2. The molecule has 1 atom stereocenters. The third-order valence-electron chi connectivity index (χ3n) is 6.06. The van der Waals surface area contributed by atoms with Gasteiger partial charge in [-0.15, -0.1) is 0 Å². The van der Waals surface area contributed by atoms with Gasteiger partial charge in [-0.1, -0.05) is 78.4 Å². The Morgan fingerprint density at radius 1 is 1.00 bits per heavy atom. The Kier molecular flexibility index (Phi) is 8.61. The molecule has 0 radical (unpaired) electrons. The van der Waals surface area contributed by atoms with E-state index in [1.807, 2.05) is 39.0 Å². The van der Waals surface area contributed by atoms with E-state index in [0.717, 1.165) is 47.9 Å². The van der Waals surface area contributed by atoms with Crippen LogP contribution < -0.4 is 5.32 Å². The van der Waals surface area contributed by atoms with Crippen LogP contribution in [0, 0.1) is 13.8 Å². The van der Waals surface area contributed by atoms with Crippen molar-refractivity contribution >= 4 is 35.0 Å². The summed E-state index contributed by atoms with van der Waals surface area (Å²) < 4.78 is 0. The van der Waals surface area contributed by atoms with Gasteiger partial charge in [0.1, 0.15) is 6.04 Å². The van der Waals surface area contributed by atoms with Crippen molar-refractivity contribution < 1.29 is 9.59 Å².